The van der Waals surface area contributed by atoms with Crippen molar-refractivity contribution in [3.63, 3.8) is 0 Å². The first kappa shape index (κ1) is 14.6. The van der Waals surface area contributed by atoms with Crippen molar-refractivity contribution in [2.24, 2.45) is 5.92 Å². The molecule has 0 heterocycles. The minimum Gasteiger partial charge on any atom is -0.375 e. The van der Waals surface area contributed by atoms with Crippen molar-refractivity contribution < 1.29 is 4.79 Å². The number of nitrogens with zero attached hydrogens (tertiary/aromatic N) is 1. The van der Waals surface area contributed by atoms with Gasteiger partial charge < -0.3 is 10.2 Å². The molecule has 3 heteroatoms. The molecule has 1 rings (SSSR count). The van der Waals surface area contributed by atoms with Gasteiger partial charge in [0, 0.05) is 31.7 Å². The molecule has 100 valence electrons. The van der Waals surface area contributed by atoms with Crippen molar-refractivity contribution in [3.05, 3.63) is 30.3 Å². The number of benzene rings is 1. The Bertz CT molecular complexity index is 351. The fourth-order valence-corrected chi connectivity index (χ4v) is 1.70. The lowest BCUT2D eigenvalue weighted by molar-refractivity contribution is -0.124. The highest BCUT2D eigenvalue weighted by Gasteiger charge is 2.08. The summed E-state index contributed by atoms with van der Waals surface area (Å²) in [5, 5.41) is 2.97. The Morgan fingerprint density at radius 3 is 2.61 bits per heavy atom. The summed E-state index contributed by atoms with van der Waals surface area (Å²) in [7, 11) is 2.08. The third-order valence-corrected chi connectivity index (χ3v) is 3.23. The van der Waals surface area contributed by atoms with Gasteiger partial charge in [-0.1, -0.05) is 32.0 Å². The standard InChI is InChI=1S/C15H24N2O/c1-4-13(2)15(18)16-11-8-12-17(3)14-9-6-5-7-10-14/h5-7,9-10,13H,4,8,11-12H2,1-3H3,(H,16,18). The van der Waals surface area contributed by atoms with Crippen LogP contribution in [0, 0.1) is 5.92 Å². The van der Waals surface area contributed by atoms with Gasteiger partial charge in [0.2, 0.25) is 5.91 Å². The van der Waals surface area contributed by atoms with Crippen molar-refractivity contribution >= 4 is 11.6 Å². The normalized spacial score (nSPS) is 11.9. The lowest BCUT2D eigenvalue weighted by Gasteiger charge is -2.19. The summed E-state index contributed by atoms with van der Waals surface area (Å²) in [4.78, 5) is 13.8. The minimum atomic E-state index is 0.122. The van der Waals surface area contributed by atoms with Crippen LogP contribution in [0.15, 0.2) is 30.3 Å². The summed E-state index contributed by atoms with van der Waals surface area (Å²) >= 11 is 0. The molecule has 0 saturated heterocycles. The molecule has 0 saturated carbocycles. The average molecular weight is 248 g/mol. The van der Waals surface area contributed by atoms with Crippen molar-refractivity contribution in [2.75, 3.05) is 25.0 Å². The number of hydrogen-bond donors (Lipinski definition) is 1. The zero-order valence-corrected chi connectivity index (χ0v) is 11.6. The Kier molecular flexibility index (Phi) is 6.26. The highest BCUT2D eigenvalue weighted by Crippen LogP contribution is 2.10. The Morgan fingerprint density at radius 1 is 1.33 bits per heavy atom. The van der Waals surface area contributed by atoms with E-state index in [0.29, 0.717) is 0 Å². The van der Waals surface area contributed by atoms with Gasteiger partial charge in [-0.2, -0.15) is 0 Å². The van der Waals surface area contributed by atoms with E-state index in [-0.39, 0.29) is 11.8 Å². The molecule has 0 spiro atoms. The molecule has 0 bridgehead atoms. The van der Waals surface area contributed by atoms with Gasteiger partial charge in [0.15, 0.2) is 0 Å². The molecule has 0 radical (unpaired) electrons. The predicted octanol–water partition coefficient (Wildman–Crippen LogP) is 2.68. The second kappa shape index (κ2) is 7.75. The monoisotopic (exact) mass is 248 g/mol. The smallest absolute Gasteiger partial charge is 0.222 e. The van der Waals surface area contributed by atoms with Crippen LogP contribution in [0.5, 0.6) is 0 Å². The van der Waals surface area contributed by atoms with E-state index in [1.54, 1.807) is 0 Å². The SMILES string of the molecule is CCC(C)C(=O)NCCCN(C)c1ccccc1. The molecule has 0 aliphatic heterocycles. The van der Waals surface area contributed by atoms with E-state index in [1.807, 2.05) is 32.0 Å². The number of anilines is 1. The van der Waals surface area contributed by atoms with Gasteiger partial charge in [-0.25, -0.2) is 0 Å². The van der Waals surface area contributed by atoms with Crippen LogP contribution in [-0.2, 0) is 4.79 Å². The fraction of sp³-hybridized carbons (Fsp3) is 0.533. The van der Waals surface area contributed by atoms with E-state index in [1.165, 1.54) is 5.69 Å². The van der Waals surface area contributed by atoms with Gasteiger partial charge in [-0.15, -0.1) is 0 Å². The number of amides is 1. The van der Waals surface area contributed by atoms with Crippen molar-refractivity contribution in [2.45, 2.75) is 26.7 Å². The zero-order valence-electron chi connectivity index (χ0n) is 11.6. The quantitative estimate of drug-likeness (QED) is 0.752. The van der Waals surface area contributed by atoms with Gasteiger partial charge >= 0.3 is 0 Å². The Balaban J connectivity index is 2.20. The third kappa shape index (κ3) is 4.78. The molecule has 0 aliphatic carbocycles. The molecule has 3 nitrogen and oxygen atoms in total. The first-order valence-corrected chi connectivity index (χ1v) is 6.69. The molecule has 1 N–H and O–H groups in total. The number of carbonyl (C=O) groups is 1. The maximum atomic E-state index is 11.6. The van der Waals surface area contributed by atoms with Gasteiger partial charge in [0.05, 0.1) is 0 Å². The summed E-state index contributed by atoms with van der Waals surface area (Å²) in [5.41, 5.74) is 1.21. The maximum Gasteiger partial charge on any atom is 0.222 e. The average Bonchev–Trinajstić information content (AvgIpc) is 2.43. The van der Waals surface area contributed by atoms with Crippen molar-refractivity contribution in [1.82, 2.24) is 5.32 Å². The summed E-state index contributed by atoms with van der Waals surface area (Å²) in [6, 6.07) is 10.3. The van der Waals surface area contributed by atoms with E-state index in [4.69, 9.17) is 0 Å². The van der Waals surface area contributed by atoms with Crippen LogP contribution in [0.25, 0.3) is 0 Å². The molecule has 0 aliphatic rings. The number of nitrogens with one attached hydrogen (secondary N) is 1. The van der Waals surface area contributed by atoms with Crippen LogP contribution in [0.4, 0.5) is 5.69 Å². The molecule has 1 aromatic carbocycles. The van der Waals surface area contributed by atoms with Crippen LogP contribution in [-0.4, -0.2) is 26.0 Å². The predicted molar refractivity (Wildman–Crippen MR) is 76.8 cm³/mol. The Labute approximate surface area is 110 Å². The lowest BCUT2D eigenvalue weighted by Crippen LogP contribution is -2.31. The van der Waals surface area contributed by atoms with E-state index in [0.717, 1.165) is 25.9 Å². The van der Waals surface area contributed by atoms with Crippen LogP contribution >= 0.6 is 0 Å². The summed E-state index contributed by atoms with van der Waals surface area (Å²) < 4.78 is 0. The van der Waals surface area contributed by atoms with Crippen LogP contribution in [0.1, 0.15) is 26.7 Å². The molecular formula is C15H24N2O. The van der Waals surface area contributed by atoms with Gasteiger partial charge in [0.25, 0.3) is 0 Å². The number of carbonyl (C=O) groups excluding carboxylic acids is 1. The van der Waals surface area contributed by atoms with Crippen LogP contribution in [0.3, 0.4) is 0 Å². The van der Waals surface area contributed by atoms with Crippen LogP contribution < -0.4 is 10.2 Å². The van der Waals surface area contributed by atoms with E-state index < -0.39 is 0 Å². The van der Waals surface area contributed by atoms with Crippen molar-refractivity contribution in [3.8, 4) is 0 Å². The topological polar surface area (TPSA) is 32.3 Å². The van der Waals surface area contributed by atoms with Gasteiger partial charge in [-0.05, 0) is 25.0 Å². The summed E-state index contributed by atoms with van der Waals surface area (Å²) in [5.74, 6) is 0.289. The minimum absolute atomic E-state index is 0.122. The van der Waals surface area contributed by atoms with E-state index in [2.05, 4.69) is 29.4 Å². The number of hydrogen-bond acceptors (Lipinski definition) is 2. The Morgan fingerprint density at radius 2 is 2.00 bits per heavy atom. The number of para-hydroxylation sites is 1. The third-order valence-electron chi connectivity index (χ3n) is 3.23. The molecule has 1 unspecified atom stereocenters. The summed E-state index contributed by atoms with van der Waals surface area (Å²) in [6.45, 7) is 5.70. The van der Waals surface area contributed by atoms with Gasteiger partial charge in [-0.3, -0.25) is 4.79 Å². The van der Waals surface area contributed by atoms with E-state index in [9.17, 15) is 4.79 Å². The molecule has 0 aromatic heterocycles. The molecule has 1 amide bonds. The fourth-order valence-electron chi connectivity index (χ4n) is 1.70. The highest BCUT2D eigenvalue weighted by atomic mass is 16.1. The molecule has 18 heavy (non-hydrogen) atoms. The van der Waals surface area contributed by atoms with Crippen molar-refractivity contribution in [1.29, 1.82) is 0 Å². The highest BCUT2D eigenvalue weighted by molar-refractivity contribution is 5.78. The molecule has 0 fully saturated rings. The van der Waals surface area contributed by atoms with E-state index >= 15 is 0 Å². The van der Waals surface area contributed by atoms with Crippen LogP contribution in [0.2, 0.25) is 0 Å². The summed E-state index contributed by atoms with van der Waals surface area (Å²) in [6.07, 6.45) is 1.86. The second-order valence-electron chi connectivity index (χ2n) is 4.71. The molecule has 1 aromatic rings. The largest absolute Gasteiger partial charge is 0.375 e. The lowest BCUT2D eigenvalue weighted by atomic mass is 10.1. The first-order chi connectivity index (χ1) is 8.65. The zero-order chi connectivity index (χ0) is 13.4. The second-order valence-corrected chi connectivity index (χ2v) is 4.71. The Hall–Kier alpha value is -1.51. The first-order valence-electron chi connectivity index (χ1n) is 6.69. The van der Waals surface area contributed by atoms with Gasteiger partial charge in [0.1, 0.15) is 0 Å². The number of rotatable bonds is 7. The molecule has 1 atom stereocenters. The molecular weight excluding hydrogens is 224 g/mol. The maximum absolute atomic E-state index is 11.6.